The number of pyridine rings is 2. The largest absolute Gasteiger partial charge is 0.479 e. The first kappa shape index (κ1) is 27.3. The molecule has 10 nitrogen and oxygen atoms in total. The number of ether oxygens (including phenoxy) is 1. The maximum atomic E-state index is 13.6. The van der Waals surface area contributed by atoms with E-state index in [0.29, 0.717) is 40.9 Å². The summed E-state index contributed by atoms with van der Waals surface area (Å²) in [6.07, 6.45) is 10.2. The topological polar surface area (TPSA) is 135 Å². The molecule has 1 aliphatic carbocycles. The van der Waals surface area contributed by atoms with Crippen molar-refractivity contribution < 1.29 is 23.1 Å². The van der Waals surface area contributed by atoms with Crippen LogP contribution in [-0.4, -0.2) is 52.2 Å². The molecule has 12 heteroatoms. The van der Waals surface area contributed by atoms with Crippen molar-refractivity contribution in [3.8, 4) is 29.2 Å². The minimum absolute atomic E-state index is 0.0327. The molecule has 0 atom stereocenters. The van der Waals surface area contributed by atoms with Gasteiger partial charge in [0.25, 0.3) is 10.0 Å². The Morgan fingerprint density at radius 3 is 2.58 bits per heavy atom. The van der Waals surface area contributed by atoms with Crippen LogP contribution in [0.15, 0.2) is 65.8 Å². The second-order valence-electron chi connectivity index (χ2n) is 9.40. The summed E-state index contributed by atoms with van der Waals surface area (Å²) in [6, 6.07) is 13.3. The highest BCUT2D eigenvalue weighted by molar-refractivity contribution is 7.90. The molecule has 5 rings (SSSR count). The summed E-state index contributed by atoms with van der Waals surface area (Å²) in [4.78, 5) is 19.9. The standard InChI is InChI=1S/C28H26ClN5O5S/c1-2-12-39-21-15-23-24(17-34(27(23)30-16-21)40(37,38)22-6-4-3-5-7-22)18-13-25(29)33-26(14-18)31-19-8-10-20(11-9-19)32-28(35)36/h1,3-7,13-17,19-20,32H,8-12H2,(H,31,33)(H,35,36). The highest BCUT2D eigenvalue weighted by atomic mass is 35.5. The molecule has 0 unspecified atom stereocenters. The predicted octanol–water partition coefficient (Wildman–Crippen LogP) is 4.99. The van der Waals surface area contributed by atoms with Gasteiger partial charge >= 0.3 is 6.09 Å². The first-order valence-electron chi connectivity index (χ1n) is 12.6. The van der Waals surface area contributed by atoms with E-state index >= 15 is 0 Å². The smallest absolute Gasteiger partial charge is 0.404 e. The predicted molar refractivity (Wildman–Crippen MR) is 152 cm³/mol. The number of hydrogen-bond donors (Lipinski definition) is 3. The van der Waals surface area contributed by atoms with E-state index in [4.69, 9.17) is 27.9 Å². The molecule has 3 heterocycles. The number of nitrogens with zero attached hydrogens (tertiary/aromatic N) is 3. The van der Waals surface area contributed by atoms with Gasteiger partial charge in [-0.25, -0.2) is 27.2 Å². The zero-order valence-corrected chi connectivity index (χ0v) is 22.8. The molecule has 0 spiro atoms. The fourth-order valence-corrected chi connectivity index (χ4v) is 6.43. The van der Waals surface area contributed by atoms with Crippen LogP contribution in [0.5, 0.6) is 5.75 Å². The molecule has 0 aliphatic heterocycles. The van der Waals surface area contributed by atoms with Gasteiger partial charge in [-0.2, -0.15) is 0 Å². The molecule has 1 saturated carbocycles. The molecule has 1 fully saturated rings. The Bertz CT molecular complexity index is 1690. The van der Waals surface area contributed by atoms with Crippen LogP contribution in [0.2, 0.25) is 5.15 Å². The number of hydrogen-bond acceptors (Lipinski definition) is 7. The Kier molecular flexibility index (Phi) is 7.82. The van der Waals surface area contributed by atoms with Gasteiger partial charge in [-0.1, -0.05) is 35.7 Å². The Morgan fingerprint density at radius 1 is 1.15 bits per heavy atom. The molecule has 1 aliphatic rings. The van der Waals surface area contributed by atoms with Gasteiger partial charge in [-0.15, -0.1) is 6.42 Å². The number of terminal acetylenes is 1. The highest BCUT2D eigenvalue weighted by Gasteiger charge is 2.25. The van der Waals surface area contributed by atoms with Gasteiger partial charge in [0, 0.05) is 29.2 Å². The van der Waals surface area contributed by atoms with E-state index in [2.05, 4.69) is 26.5 Å². The average molecular weight is 580 g/mol. The zero-order chi connectivity index (χ0) is 28.3. The fourth-order valence-electron chi connectivity index (χ4n) is 4.88. The Morgan fingerprint density at radius 2 is 1.88 bits per heavy atom. The van der Waals surface area contributed by atoms with Crippen molar-refractivity contribution in [1.82, 2.24) is 19.3 Å². The minimum atomic E-state index is -3.97. The lowest BCUT2D eigenvalue weighted by Gasteiger charge is -2.29. The third-order valence-corrected chi connectivity index (χ3v) is 8.58. The Balaban J connectivity index is 1.53. The maximum Gasteiger partial charge on any atom is 0.404 e. The van der Waals surface area contributed by atoms with E-state index in [1.807, 2.05) is 0 Å². The van der Waals surface area contributed by atoms with E-state index in [-0.39, 0.29) is 34.4 Å². The summed E-state index contributed by atoms with van der Waals surface area (Å²) < 4.78 is 33.9. The van der Waals surface area contributed by atoms with Gasteiger partial charge in [0.15, 0.2) is 5.65 Å². The SMILES string of the molecule is C#CCOc1cnc2c(c1)c(-c1cc(Cl)nc(NC3CCC(NC(=O)O)CC3)c1)cn2S(=O)(=O)c1ccccc1. The Hall–Kier alpha value is -4.27. The van der Waals surface area contributed by atoms with Crippen molar-refractivity contribution in [1.29, 1.82) is 0 Å². The fraction of sp³-hybridized carbons (Fsp3) is 0.250. The van der Waals surface area contributed by atoms with Gasteiger partial charge in [-0.3, -0.25) is 0 Å². The zero-order valence-electron chi connectivity index (χ0n) is 21.2. The monoisotopic (exact) mass is 579 g/mol. The number of halogens is 1. The van der Waals surface area contributed by atoms with E-state index in [9.17, 15) is 13.2 Å². The van der Waals surface area contributed by atoms with Crippen molar-refractivity contribution in [2.75, 3.05) is 11.9 Å². The van der Waals surface area contributed by atoms with E-state index in [0.717, 1.165) is 16.8 Å². The van der Waals surface area contributed by atoms with E-state index in [1.165, 1.54) is 24.5 Å². The van der Waals surface area contributed by atoms with Crippen LogP contribution in [-0.2, 0) is 10.0 Å². The summed E-state index contributed by atoms with van der Waals surface area (Å²) in [5.74, 6) is 3.33. The normalized spacial score (nSPS) is 17.2. The number of nitrogens with one attached hydrogen (secondary N) is 2. The average Bonchev–Trinajstić information content (AvgIpc) is 3.33. The molecule has 0 radical (unpaired) electrons. The van der Waals surface area contributed by atoms with Gasteiger partial charge < -0.3 is 20.5 Å². The molecule has 0 bridgehead atoms. The van der Waals surface area contributed by atoms with Crippen LogP contribution in [0.25, 0.3) is 22.2 Å². The maximum absolute atomic E-state index is 13.6. The molecular weight excluding hydrogens is 554 g/mol. The van der Waals surface area contributed by atoms with E-state index < -0.39 is 16.1 Å². The first-order chi connectivity index (χ1) is 19.2. The third kappa shape index (κ3) is 5.83. The van der Waals surface area contributed by atoms with Crippen molar-refractivity contribution >= 4 is 44.6 Å². The van der Waals surface area contributed by atoms with Gasteiger partial charge in [0.1, 0.15) is 23.3 Å². The summed E-state index contributed by atoms with van der Waals surface area (Å²) in [5.41, 5.74) is 1.42. The van der Waals surface area contributed by atoms with Crippen LogP contribution in [0.3, 0.4) is 0 Å². The van der Waals surface area contributed by atoms with Crippen molar-refractivity contribution in [3.05, 3.63) is 66.1 Å². The van der Waals surface area contributed by atoms with E-state index in [1.54, 1.807) is 36.4 Å². The molecule has 1 amide bonds. The number of fused-ring (bicyclic) bond motifs is 1. The number of anilines is 1. The van der Waals surface area contributed by atoms with Gasteiger partial charge in [0.2, 0.25) is 0 Å². The van der Waals surface area contributed by atoms with Crippen LogP contribution >= 0.6 is 11.6 Å². The van der Waals surface area contributed by atoms with Crippen molar-refractivity contribution in [3.63, 3.8) is 0 Å². The molecule has 4 aromatic rings. The number of benzene rings is 1. The minimum Gasteiger partial charge on any atom is -0.479 e. The van der Waals surface area contributed by atoms with Gasteiger partial charge in [0.05, 0.1) is 11.1 Å². The molecule has 1 aromatic carbocycles. The molecule has 40 heavy (non-hydrogen) atoms. The van der Waals surface area contributed by atoms with Crippen LogP contribution in [0.4, 0.5) is 10.6 Å². The number of rotatable bonds is 8. The van der Waals surface area contributed by atoms with Crippen molar-refractivity contribution in [2.24, 2.45) is 0 Å². The molecule has 0 saturated heterocycles. The quantitative estimate of drug-likeness (QED) is 0.196. The van der Waals surface area contributed by atoms with Crippen LogP contribution in [0, 0.1) is 12.3 Å². The molecule has 3 aromatic heterocycles. The molecule has 3 N–H and O–H groups in total. The second kappa shape index (κ2) is 11.5. The van der Waals surface area contributed by atoms with Crippen LogP contribution in [0.1, 0.15) is 25.7 Å². The number of amides is 1. The first-order valence-corrected chi connectivity index (χ1v) is 14.4. The van der Waals surface area contributed by atoms with Crippen molar-refractivity contribution in [2.45, 2.75) is 42.7 Å². The summed E-state index contributed by atoms with van der Waals surface area (Å²) in [5, 5.41) is 15.7. The number of carbonyl (C=O) groups is 1. The lowest BCUT2D eigenvalue weighted by atomic mass is 9.91. The highest BCUT2D eigenvalue weighted by Crippen LogP contribution is 2.36. The lowest BCUT2D eigenvalue weighted by Crippen LogP contribution is -2.39. The summed E-state index contributed by atoms with van der Waals surface area (Å²) in [6.45, 7) is 0.0327. The summed E-state index contributed by atoms with van der Waals surface area (Å²) in [7, 11) is -3.97. The number of carboxylic acid groups (broad SMARTS) is 1. The van der Waals surface area contributed by atoms with Crippen LogP contribution < -0.4 is 15.4 Å². The molecule has 206 valence electrons. The lowest BCUT2D eigenvalue weighted by molar-refractivity contribution is 0.185. The summed E-state index contributed by atoms with van der Waals surface area (Å²) >= 11 is 6.43. The molecular formula is C28H26ClN5O5S. The third-order valence-electron chi connectivity index (χ3n) is 6.72. The Labute approximate surface area is 236 Å². The second-order valence-corrected chi connectivity index (χ2v) is 11.6. The van der Waals surface area contributed by atoms with Gasteiger partial charge in [-0.05, 0) is 61.6 Å². The number of aromatic nitrogens is 3.